The van der Waals surface area contributed by atoms with Crippen LogP contribution in [0.25, 0.3) is 0 Å². The monoisotopic (exact) mass is 255 g/mol. The number of carbonyl (C=O) groups is 1. The molecular formula is C15H29NO2. The average Bonchev–Trinajstić information content (AvgIpc) is 2.45. The van der Waals surface area contributed by atoms with Crippen LogP contribution in [0.1, 0.15) is 58.8 Å². The molecule has 0 heterocycles. The molecular weight excluding hydrogens is 226 g/mol. The lowest BCUT2D eigenvalue weighted by atomic mass is 9.82. The predicted octanol–water partition coefficient (Wildman–Crippen LogP) is 2.62. The van der Waals surface area contributed by atoms with Gasteiger partial charge < -0.3 is 9.90 Å². The van der Waals surface area contributed by atoms with Crippen molar-refractivity contribution < 1.29 is 9.90 Å². The molecule has 3 nitrogen and oxygen atoms in total. The number of aliphatic hydroxyl groups excluding tert-OH is 1. The van der Waals surface area contributed by atoms with E-state index in [-0.39, 0.29) is 12.0 Å². The summed E-state index contributed by atoms with van der Waals surface area (Å²) in [7, 11) is 0. The number of aldehydes is 1. The Morgan fingerprint density at radius 1 is 1.22 bits per heavy atom. The second-order valence-electron chi connectivity index (χ2n) is 5.67. The van der Waals surface area contributed by atoms with Crippen molar-refractivity contribution in [1.29, 1.82) is 0 Å². The van der Waals surface area contributed by atoms with Crippen molar-refractivity contribution in [2.45, 2.75) is 64.8 Å². The van der Waals surface area contributed by atoms with E-state index < -0.39 is 0 Å². The Kier molecular flexibility index (Phi) is 6.87. The molecule has 0 unspecified atom stereocenters. The highest BCUT2D eigenvalue weighted by Gasteiger charge is 2.31. The summed E-state index contributed by atoms with van der Waals surface area (Å²) >= 11 is 0. The molecule has 1 rings (SSSR count). The fraction of sp³-hybridized carbons (Fsp3) is 0.933. The van der Waals surface area contributed by atoms with Crippen molar-refractivity contribution in [3.05, 3.63) is 0 Å². The molecule has 0 bridgehead atoms. The lowest BCUT2D eigenvalue weighted by molar-refractivity contribution is -0.118. The fourth-order valence-corrected chi connectivity index (χ4v) is 3.05. The molecule has 1 fully saturated rings. The molecule has 0 aromatic carbocycles. The van der Waals surface area contributed by atoms with Crippen molar-refractivity contribution in [2.75, 3.05) is 19.7 Å². The summed E-state index contributed by atoms with van der Waals surface area (Å²) in [6, 6.07) is 0.573. The maximum absolute atomic E-state index is 11.4. The first-order valence-electron chi connectivity index (χ1n) is 7.52. The van der Waals surface area contributed by atoms with E-state index in [1.165, 1.54) is 32.1 Å². The summed E-state index contributed by atoms with van der Waals surface area (Å²) in [5.74, 6) is 0. The Balaban J connectivity index is 2.67. The summed E-state index contributed by atoms with van der Waals surface area (Å²) in [4.78, 5) is 13.8. The molecule has 18 heavy (non-hydrogen) atoms. The second kappa shape index (κ2) is 7.90. The minimum Gasteiger partial charge on any atom is -0.395 e. The molecule has 0 aliphatic heterocycles. The van der Waals surface area contributed by atoms with Gasteiger partial charge >= 0.3 is 0 Å². The summed E-state index contributed by atoms with van der Waals surface area (Å²) in [6.45, 7) is 5.90. The quantitative estimate of drug-likeness (QED) is 0.678. The van der Waals surface area contributed by atoms with Crippen LogP contribution in [0.15, 0.2) is 0 Å². The molecule has 1 N–H and O–H groups in total. The zero-order valence-electron chi connectivity index (χ0n) is 12.0. The van der Waals surface area contributed by atoms with Crippen molar-refractivity contribution >= 4 is 6.29 Å². The number of carbonyl (C=O) groups excluding carboxylic acids is 1. The first-order valence-corrected chi connectivity index (χ1v) is 7.52. The normalized spacial score (nSPS) is 18.2. The maximum Gasteiger partial charge on any atom is 0.127 e. The van der Waals surface area contributed by atoms with Crippen LogP contribution >= 0.6 is 0 Å². The lowest BCUT2D eigenvalue weighted by Crippen LogP contribution is -2.46. The Bertz CT molecular complexity index is 233. The topological polar surface area (TPSA) is 40.5 Å². The van der Waals surface area contributed by atoms with E-state index in [1.807, 2.05) is 0 Å². The van der Waals surface area contributed by atoms with Gasteiger partial charge in [0.2, 0.25) is 0 Å². The minimum absolute atomic E-state index is 0.193. The predicted molar refractivity (Wildman–Crippen MR) is 74.6 cm³/mol. The highest BCUT2D eigenvalue weighted by Crippen LogP contribution is 2.29. The van der Waals surface area contributed by atoms with Crippen LogP contribution in [0.4, 0.5) is 0 Å². The lowest BCUT2D eigenvalue weighted by Gasteiger charge is -2.39. The van der Waals surface area contributed by atoms with Crippen LogP contribution in [0.3, 0.4) is 0 Å². The Hall–Kier alpha value is -0.410. The van der Waals surface area contributed by atoms with Crippen LogP contribution in [0.2, 0.25) is 0 Å². The van der Waals surface area contributed by atoms with E-state index in [4.69, 9.17) is 0 Å². The second-order valence-corrected chi connectivity index (χ2v) is 5.67. The maximum atomic E-state index is 11.4. The van der Waals surface area contributed by atoms with Crippen LogP contribution in [0, 0.1) is 5.41 Å². The van der Waals surface area contributed by atoms with Gasteiger partial charge in [0.25, 0.3) is 0 Å². The third kappa shape index (κ3) is 4.06. The number of hydrogen-bond donors (Lipinski definition) is 1. The van der Waals surface area contributed by atoms with E-state index in [0.717, 1.165) is 25.7 Å². The van der Waals surface area contributed by atoms with Gasteiger partial charge in [0.1, 0.15) is 6.29 Å². The number of hydrogen-bond acceptors (Lipinski definition) is 3. The van der Waals surface area contributed by atoms with Crippen LogP contribution in [0.5, 0.6) is 0 Å². The van der Waals surface area contributed by atoms with Gasteiger partial charge in [0, 0.05) is 24.5 Å². The number of rotatable bonds is 8. The van der Waals surface area contributed by atoms with E-state index in [2.05, 4.69) is 18.7 Å². The summed E-state index contributed by atoms with van der Waals surface area (Å²) in [5, 5.41) is 9.25. The zero-order chi connectivity index (χ0) is 13.4. The van der Waals surface area contributed by atoms with Gasteiger partial charge in [-0.25, -0.2) is 0 Å². The Labute approximate surface area is 112 Å². The summed E-state index contributed by atoms with van der Waals surface area (Å²) < 4.78 is 0. The van der Waals surface area contributed by atoms with Gasteiger partial charge in [-0.15, -0.1) is 0 Å². The standard InChI is InChI=1S/C15H29NO2/c1-3-15(4-2,13-18)12-16(10-11-17)14-8-6-5-7-9-14/h13-14,17H,3-12H2,1-2H3. The van der Waals surface area contributed by atoms with Crippen molar-refractivity contribution in [1.82, 2.24) is 4.90 Å². The molecule has 0 atom stereocenters. The minimum atomic E-state index is -0.216. The van der Waals surface area contributed by atoms with Gasteiger partial charge in [0.05, 0.1) is 6.61 Å². The molecule has 0 saturated heterocycles. The largest absolute Gasteiger partial charge is 0.395 e. The number of nitrogens with zero attached hydrogens (tertiary/aromatic N) is 1. The van der Waals surface area contributed by atoms with Crippen LogP contribution in [-0.4, -0.2) is 42.0 Å². The highest BCUT2D eigenvalue weighted by atomic mass is 16.3. The Morgan fingerprint density at radius 2 is 1.83 bits per heavy atom. The Morgan fingerprint density at radius 3 is 2.28 bits per heavy atom. The van der Waals surface area contributed by atoms with Gasteiger partial charge in [-0.1, -0.05) is 33.1 Å². The molecule has 0 spiro atoms. The zero-order valence-corrected chi connectivity index (χ0v) is 12.0. The van der Waals surface area contributed by atoms with Crippen molar-refractivity contribution in [3.8, 4) is 0 Å². The van der Waals surface area contributed by atoms with Crippen LogP contribution < -0.4 is 0 Å². The van der Waals surface area contributed by atoms with Gasteiger partial charge in [0.15, 0.2) is 0 Å². The SMILES string of the molecule is CCC(C=O)(CC)CN(CCO)C1CCCCC1. The highest BCUT2D eigenvalue weighted by molar-refractivity contribution is 5.59. The molecule has 0 aromatic rings. The third-order valence-corrected chi connectivity index (χ3v) is 4.65. The molecule has 0 radical (unpaired) electrons. The summed E-state index contributed by atoms with van der Waals surface area (Å²) in [5.41, 5.74) is -0.216. The van der Waals surface area contributed by atoms with E-state index in [9.17, 15) is 9.90 Å². The van der Waals surface area contributed by atoms with Gasteiger partial charge in [-0.05, 0) is 25.7 Å². The molecule has 1 saturated carbocycles. The smallest absolute Gasteiger partial charge is 0.127 e. The summed E-state index contributed by atoms with van der Waals surface area (Å²) in [6.07, 6.45) is 9.29. The molecule has 1 aliphatic carbocycles. The first kappa shape index (κ1) is 15.6. The van der Waals surface area contributed by atoms with Crippen LogP contribution in [-0.2, 0) is 4.79 Å². The molecule has 0 aromatic heterocycles. The van der Waals surface area contributed by atoms with Gasteiger partial charge in [-0.3, -0.25) is 4.90 Å². The van der Waals surface area contributed by atoms with Crippen molar-refractivity contribution in [3.63, 3.8) is 0 Å². The van der Waals surface area contributed by atoms with E-state index >= 15 is 0 Å². The average molecular weight is 255 g/mol. The van der Waals surface area contributed by atoms with E-state index in [0.29, 0.717) is 12.6 Å². The molecule has 3 heteroatoms. The molecule has 1 aliphatic rings. The van der Waals surface area contributed by atoms with Gasteiger partial charge in [-0.2, -0.15) is 0 Å². The van der Waals surface area contributed by atoms with Crippen molar-refractivity contribution in [2.24, 2.45) is 5.41 Å². The number of aliphatic hydroxyl groups is 1. The first-order chi connectivity index (χ1) is 8.71. The van der Waals surface area contributed by atoms with E-state index in [1.54, 1.807) is 0 Å². The fourth-order valence-electron chi connectivity index (χ4n) is 3.05. The molecule has 106 valence electrons. The molecule has 0 amide bonds. The third-order valence-electron chi connectivity index (χ3n) is 4.65.